The Morgan fingerprint density at radius 3 is 2.53 bits per heavy atom. The quantitative estimate of drug-likeness (QED) is 0.578. The Hall–Kier alpha value is -1.24. The second-order valence-corrected chi connectivity index (χ2v) is 4.27. The molecule has 0 amide bonds. The van der Waals surface area contributed by atoms with Gasteiger partial charge in [-0.2, -0.15) is 0 Å². The van der Waals surface area contributed by atoms with Crippen molar-refractivity contribution in [3.05, 3.63) is 41.5 Å². The fourth-order valence-corrected chi connectivity index (χ4v) is 1.89. The first kappa shape index (κ1) is 11.8. The molecule has 0 fully saturated rings. The van der Waals surface area contributed by atoms with E-state index in [1.165, 1.54) is 24.0 Å². The van der Waals surface area contributed by atoms with E-state index in [0.717, 1.165) is 5.69 Å². The Morgan fingerprint density at radius 2 is 2.00 bits per heavy atom. The van der Waals surface area contributed by atoms with E-state index in [1.54, 1.807) is 0 Å². The van der Waals surface area contributed by atoms with Crippen LogP contribution in [-0.4, -0.2) is 0 Å². The molecule has 0 aliphatic heterocycles. The topological polar surface area (TPSA) is 26.0 Å². The van der Waals surface area contributed by atoms with Gasteiger partial charge in [-0.15, -0.1) is 0 Å². The van der Waals surface area contributed by atoms with E-state index in [2.05, 4.69) is 39.0 Å². The van der Waals surface area contributed by atoms with Crippen LogP contribution >= 0.6 is 0 Å². The molecule has 1 nitrogen and oxygen atoms in total. The average Bonchev–Trinajstić information content (AvgIpc) is 2.17. The van der Waals surface area contributed by atoms with Crippen molar-refractivity contribution in [1.29, 1.82) is 0 Å². The first-order chi connectivity index (χ1) is 7.15. The molecule has 1 heteroatoms. The van der Waals surface area contributed by atoms with E-state index in [9.17, 15) is 0 Å². The maximum atomic E-state index is 6.00. The molecule has 0 bridgehead atoms. The summed E-state index contributed by atoms with van der Waals surface area (Å²) in [5.74, 6) is 0.473. The number of nitrogens with two attached hydrogens (primary N) is 1. The summed E-state index contributed by atoms with van der Waals surface area (Å²) < 4.78 is 0. The van der Waals surface area contributed by atoms with Crippen LogP contribution in [-0.2, 0) is 0 Å². The number of nitrogen functional groups attached to an aromatic ring is 1. The molecule has 15 heavy (non-hydrogen) atoms. The molecule has 0 aromatic heterocycles. The summed E-state index contributed by atoms with van der Waals surface area (Å²) in [6, 6.07) is 8.17. The first-order valence-electron chi connectivity index (χ1n) is 5.64. The highest BCUT2D eigenvalue weighted by atomic mass is 14.6. The van der Waals surface area contributed by atoms with Gasteiger partial charge in [-0.1, -0.05) is 43.2 Å². The van der Waals surface area contributed by atoms with Crippen LogP contribution in [0.25, 0.3) is 0 Å². The zero-order valence-electron chi connectivity index (χ0n) is 9.96. The van der Waals surface area contributed by atoms with E-state index in [-0.39, 0.29) is 0 Å². The first-order valence-corrected chi connectivity index (χ1v) is 5.64. The Morgan fingerprint density at radius 1 is 1.33 bits per heavy atom. The van der Waals surface area contributed by atoms with Crippen molar-refractivity contribution in [1.82, 2.24) is 0 Å². The standard InChI is InChI=1S/C14H21N/c1-4-7-12(10-11(2)3)13-8-5-6-9-14(13)15/h5-6,8-10,12H,4,7,15H2,1-3H3. The Kier molecular flexibility index (Phi) is 4.41. The maximum absolute atomic E-state index is 6.00. The highest BCUT2D eigenvalue weighted by molar-refractivity contribution is 5.49. The molecule has 1 aromatic rings. The second-order valence-electron chi connectivity index (χ2n) is 4.27. The lowest BCUT2D eigenvalue weighted by Gasteiger charge is -2.15. The lowest BCUT2D eigenvalue weighted by Crippen LogP contribution is -2.00. The molecular weight excluding hydrogens is 182 g/mol. The van der Waals surface area contributed by atoms with Crippen molar-refractivity contribution in [3.63, 3.8) is 0 Å². The van der Waals surface area contributed by atoms with Crippen molar-refractivity contribution in [2.45, 2.75) is 39.5 Å². The van der Waals surface area contributed by atoms with Crippen LogP contribution < -0.4 is 5.73 Å². The molecule has 0 aliphatic carbocycles. The van der Waals surface area contributed by atoms with Crippen LogP contribution in [0.5, 0.6) is 0 Å². The summed E-state index contributed by atoms with van der Waals surface area (Å²) in [6.45, 7) is 6.49. The highest BCUT2D eigenvalue weighted by Crippen LogP contribution is 2.28. The van der Waals surface area contributed by atoms with Crippen molar-refractivity contribution in [2.24, 2.45) is 0 Å². The summed E-state index contributed by atoms with van der Waals surface area (Å²) in [4.78, 5) is 0. The van der Waals surface area contributed by atoms with Crippen molar-refractivity contribution >= 4 is 5.69 Å². The predicted molar refractivity (Wildman–Crippen MR) is 67.9 cm³/mol. The van der Waals surface area contributed by atoms with E-state index >= 15 is 0 Å². The molecule has 1 atom stereocenters. The fraction of sp³-hybridized carbons (Fsp3) is 0.429. The van der Waals surface area contributed by atoms with Gasteiger partial charge in [-0.05, 0) is 31.9 Å². The maximum Gasteiger partial charge on any atom is 0.0352 e. The van der Waals surface area contributed by atoms with Crippen molar-refractivity contribution in [2.75, 3.05) is 5.73 Å². The summed E-state index contributed by atoms with van der Waals surface area (Å²) in [5.41, 5.74) is 9.53. The largest absolute Gasteiger partial charge is 0.398 e. The molecule has 2 N–H and O–H groups in total. The molecule has 1 aromatic carbocycles. The number of hydrogen-bond donors (Lipinski definition) is 1. The molecule has 0 saturated heterocycles. The number of hydrogen-bond acceptors (Lipinski definition) is 1. The van der Waals surface area contributed by atoms with Gasteiger partial charge in [0.1, 0.15) is 0 Å². The molecule has 0 spiro atoms. The molecular formula is C14H21N. The number of benzene rings is 1. The summed E-state index contributed by atoms with van der Waals surface area (Å²) >= 11 is 0. The fourth-order valence-electron chi connectivity index (χ4n) is 1.89. The minimum absolute atomic E-state index is 0.473. The summed E-state index contributed by atoms with van der Waals surface area (Å²) in [5, 5.41) is 0. The van der Waals surface area contributed by atoms with Crippen LogP contribution in [0, 0.1) is 0 Å². The van der Waals surface area contributed by atoms with Crippen LogP contribution in [0.15, 0.2) is 35.9 Å². The molecule has 0 saturated carbocycles. The molecule has 0 heterocycles. The van der Waals surface area contributed by atoms with Gasteiger partial charge < -0.3 is 5.73 Å². The third kappa shape index (κ3) is 3.43. The monoisotopic (exact) mass is 203 g/mol. The third-order valence-electron chi connectivity index (χ3n) is 2.53. The second kappa shape index (κ2) is 5.59. The van der Waals surface area contributed by atoms with E-state index < -0.39 is 0 Å². The number of rotatable bonds is 4. The zero-order chi connectivity index (χ0) is 11.3. The van der Waals surface area contributed by atoms with Crippen LogP contribution in [0.3, 0.4) is 0 Å². The molecule has 0 radical (unpaired) electrons. The van der Waals surface area contributed by atoms with E-state index in [1.807, 2.05) is 12.1 Å². The Labute approximate surface area is 93.0 Å². The van der Waals surface area contributed by atoms with Crippen LogP contribution in [0.2, 0.25) is 0 Å². The smallest absolute Gasteiger partial charge is 0.0352 e. The average molecular weight is 203 g/mol. The van der Waals surface area contributed by atoms with E-state index in [4.69, 9.17) is 5.73 Å². The molecule has 1 rings (SSSR count). The molecule has 1 unspecified atom stereocenters. The highest BCUT2D eigenvalue weighted by Gasteiger charge is 2.09. The van der Waals surface area contributed by atoms with Gasteiger partial charge in [0.05, 0.1) is 0 Å². The van der Waals surface area contributed by atoms with Gasteiger partial charge in [0.2, 0.25) is 0 Å². The lowest BCUT2D eigenvalue weighted by molar-refractivity contribution is 0.715. The summed E-state index contributed by atoms with van der Waals surface area (Å²) in [7, 11) is 0. The van der Waals surface area contributed by atoms with Gasteiger partial charge >= 0.3 is 0 Å². The third-order valence-corrected chi connectivity index (χ3v) is 2.53. The van der Waals surface area contributed by atoms with Gasteiger partial charge in [-0.25, -0.2) is 0 Å². The number of para-hydroxylation sites is 1. The number of allylic oxidation sites excluding steroid dienone is 2. The van der Waals surface area contributed by atoms with Gasteiger partial charge in [-0.3, -0.25) is 0 Å². The van der Waals surface area contributed by atoms with E-state index in [0.29, 0.717) is 5.92 Å². The molecule has 0 aliphatic rings. The number of anilines is 1. The predicted octanol–water partition coefficient (Wildman–Crippen LogP) is 4.12. The summed E-state index contributed by atoms with van der Waals surface area (Å²) in [6.07, 6.45) is 4.66. The SMILES string of the molecule is CCCC(C=C(C)C)c1ccccc1N. The minimum atomic E-state index is 0.473. The van der Waals surface area contributed by atoms with Crippen LogP contribution in [0.4, 0.5) is 5.69 Å². The molecule has 82 valence electrons. The minimum Gasteiger partial charge on any atom is -0.398 e. The van der Waals surface area contributed by atoms with Crippen molar-refractivity contribution < 1.29 is 0 Å². The van der Waals surface area contributed by atoms with Gasteiger partial charge in [0, 0.05) is 11.6 Å². The Bertz CT molecular complexity index is 335. The lowest BCUT2D eigenvalue weighted by atomic mass is 9.91. The van der Waals surface area contributed by atoms with Gasteiger partial charge in [0.15, 0.2) is 0 Å². The Balaban J connectivity index is 2.99. The van der Waals surface area contributed by atoms with Crippen LogP contribution in [0.1, 0.15) is 45.1 Å². The van der Waals surface area contributed by atoms with Crippen molar-refractivity contribution in [3.8, 4) is 0 Å². The zero-order valence-corrected chi connectivity index (χ0v) is 9.96. The van der Waals surface area contributed by atoms with Gasteiger partial charge in [0.25, 0.3) is 0 Å². The normalized spacial score (nSPS) is 12.2.